The van der Waals surface area contributed by atoms with Gasteiger partial charge in [0.2, 0.25) is 0 Å². The van der Waals surface area contributed by atoms with E-state index in [1.807, 2.05) is 0 Å². The van der Waals surface area contributed by atoms with E-state index < -0.39 is 28.1 Å². The number of aliphatic hydroxyl groups is 1. The van der Waals surface area contributed by atoms with Crippen LogP contribution in [0, 0.1) is 11.8 Å². The van der Waals surface area contributed by atoms with Crippen molar-refractivity contribution in [1.82, 2.24) is 0 Å². The van der Waals surface area contributed by atoms with Crippen molar-refractivity contribution < 1.29 is 65.5 Å². The molecule has 0 aromatic heterocycles. The van der Waals surface area contributed by atoms with Gasteiger partial charge in [-0.2, -0.15) is 8.42 Å². The van der Waals surface area contributed by atoms with E-state index >= 15 is 0 Å². The molecule has 0 amide bonds. The van der Waals surface area contributed by atoms with Gasteiger partial charge >= 0.3 is 0 Å². The Kier molecular flexibility index (Phi) is 12.5. The molecular formula is C41H63NO14S. The molecule has 1 spiro atoms. The first-order chi connectivity index (χ1) is 27.1. The number of nitrogens with two attached hydrogens (primary N) is 1. The zero-order chi connectivity index (χ0) is 40.4. The molecule has 0 saturated carbocycles. The quantitative estimate of drug-likeness (QED) is 0.276. The molecule has 57 heavy (non-hydrogen) atoms. The van der Waals surface area contributed by atoms with Gasteiger partial charge in [-0.05, 0) is 62.0 Å². The highest BCUT2D eigenvalue weighted by atomic mass is 32.2. The Morgan fingerprint density at radius 2 is 1.51 bits per heavy atom. The molecule has 0 aliphatic carbocycles. The van der Waals surface area contributed by atoms with Gasteiger partial charge in [0, 0.05) is 58.1 Å². The molecule has 10 saturated heterocycles. The maximum absolute atomic E-state index is 14.1. The van der Waals surface area contributed by atoms with Crippen molar-refractivity contribution in [1.29, 1.82) is 0 Å². The lowest BCUT2D eigenvalue weighted by atomic mass is 9.81. The first-order valence-electron chi connectivity index (χ1n) is 21.1. The van der Waals surface area contributed by atoms with Gasteiger partial charge in [-0.25, -0.2) is 0 Å². The van der Waals surface area contributed by atoms with Crippen LogP contribution in [0.3, 0.4) is 0 Å². The molecule has 0 aromatic carbocycles. The van der Waals surface area contributed by atoms with Crippen LogP contribution in [-0.2, 0) is 57.5 Å². The van der Waals surface area contributed by atoms with Crippen LogP contribution in [0.5, 0.6) is 0 Å². The molecule has 322 valence electrons. The number of fused-ring (bicyclic) bond motifs is 6. The van der Waals surface area contributed by atoms with Crippen molar-refractivity contribution in [2.45, 2.75) is 194 Å². The number of methoxy groups -OCH3 is 1. The molecule has 10 aliphatic rings. The number of ether oxygens (including phenoxy) is 9. The second kappa shape index (κ2) is 16.8. The second-order valence-corrected chi connectivity index (χ2v) is 19.6. The SMILES string of the molecule is C=C1C[C@@H]2CC[C@@]34C[C@H]5OC6[C@@H](O3)C3O[C@H](CC[C@@H]3O[C@H]6[C@H]5O4)CC(=O)C[C@@H]3[C@@H](OC)[C@@H](C[C@H](O)CN)O[C@H]3C[C@H]3O[C@@H](CC[C@@H]1O2)C[C@@H](C)C3=C.CS(=O)(=O)O. The zero-order valence-electron chi connectivity index (χ0n) is 33.5. The lowest BCUT2D eigenvalue weighted by Crippen LogP contribution is -2.61. The lowest BCUT2D eigenvalue weighted by molar-refractivity contribution is -0.292. The van der Waals surface area contributed by atoms with Crippen LogP contribution in [0.4, 0.5) is 0 Å². The number of ketones is 1. The van der Waals surface area contributed by atoms with E-state index in [4.69, 9.17) is 52.9 Å². The third-order valence-electron chi connectivity index (χ3n) is 14.0. The molecular weight excluding hydrogens is 763 g/mol. The fraction of sp³-hybridized carbons (Fsp3) is 0.878. The summed E-state index contributed by atoms with van der Waals surface area (Å²) in [6.45, 7) is 11.3. The molecule has 10 aliphatic heterocycles. The predicted molar refractivity (Wildman–Crippen MR) is 204 cm³/mol. The van der Waals surface area contributed by atoms with Crippen LogP contribution in [0.2, 0.25) is 0 Å². The second-order valence-electron chi connectivity index (χ2n) is 18.2. The van der Waals surface area contributed by atoms with Gasteiger partial charge in [0.15, 0.2) is 5.79 Å². The predicted octanol–water partition coefficient (Wildman–Crippen LogP) is 2.94. The molecule has 0 aromatic rings. The van der Waals surface area contributed by atoms with E-state index in [1.54, 1.807) is 7.11 Å². The third-order valence-corrected chi connectivity index (χ3v) is 14.0. The summed E-state index contributed by atoms with van der Waals surface area (Å²) < 4.78 is 85.9. The normalized spacial score (nSPS) is 48.8. The third kappa shape index (κ3) is 9.00. The molecule has 10 rings (SSSR count). The Hall–Kier alpha value is -1.38. The van der Waals surface area contributed by atoms with E-state index in [2.05, 4.69) is 20.1 Å². The van der Waals surface area contributed by atoms with Crippen LogP contribution >= 0.6 is 0 Å². The molecule has 10 fully saturated rings. The summed E-state index contributed by atoms with van der Waals surface area (Å²) in [5.41, 5.74) is 8.01. The summed E-state index contributed by atoms with van der Waals surface area (Å²) in [7, 11) is -2.01. The van der Waals surface area contributed by atoms with Crippen LogP contribution in [-0.4, -0.2) is 147 Å². The minimum absolute atomic E-state index is 0.0158. The average Bonchev–Trinajstić information content (AvgIpc) is 3.82. The Labute approximate surface area is 336 Å². The minimum atomic E-state index is -3.67. The number of aliphatic hydroxyl groups excluding tert-OH is 1. The Bertz CT molecular complexity index is 1600. The maximum atomic E-state index is 14.1. The molecule has 15 nitrogen and oxygen atoms in total. The van der Waals surface area contributed by atoms with Gasteiger partial charge in [0.1, 0.15) is 36.3 Å². The van der Waals surface area contributed by atoms with Crippen molar-refractivity contribution in [3.05, 3.63) is 24.3 Å². The van der Waals surface area contributed by atoms with Gasteiger partial charge in [0.25, 0.3) is 10.1 Å². The number of carbonyl (C=O) groups is 1. The van der Waals surface area contributed by atoms with Gasteiger partial charge in [0.05, 0.1) is 73.4 Å². The number of rotatable bonds is 4. The van der Waals surface area contributed by atoms with Crippen molar-refractivity contribution in [3.63, 3.8) is 0 Å². The Morgan fingerprint density at radius 3 is 2.26 bits per heavy atom. The van der Waals surface area contributed by atoms with E-state index in [-0.39, 0.29) is 122 Å². The summed E-state index contributed by atoms with van der Waals surface area (Å²) >= 11 is 0. The molecule has 12 bridgehead atoms. The van der Waals surface area contributed by atoms with Gasteiger partial charge in [-0.1, -0.05) is 20.1 Å². The summed E-state index contributed by atoms with van der Waals surface area (Å²) in [4.78, 5) is 14.1. The highest BCUT2D eigenvalue weighted by Gasteiger charge is 2.68. The summed E-state index contributed by atoms with van der Waals surface area (Å²) in [5, 5.41) is 10.5. The van der Waals surface area contributed by atoms with Gasteiger partial charge < -0.3 is 53.5 Å². The summed E-state index contributed by atoms with van der Waals surface area (Å²) in [6.07, 6.45) is 5.57. The first-order valence-corrected chi connectivity index (χ1v) is 22.9. The van der Waals surface area contributed by atoms with Crippen molar-refractivity contribution in [3.8, 4) is 0 Å². The first kappa shape index (κ1) is 42.3. The molecule has 4 N–H and O–H groups in total. The average molecular weight is 826 g/mol. The smallest absolute Gasteiger partial charge is 0.261 e. The monoisotopic (exact) mass is 825 g/mol. The molecule has 2 unspecified atom stereocenters. The van der Waals surface area contributed by atoms with Crippen LogP contribution < -0.4 is 5.73 Å². The van der Waals surface area contributed by atoms with Gasteiger partial charge in [-0.15, -0.1) is 0 Å². The van der Waals surface area contributed by atoms with E-state index in [1.165, 1.54) is 0 Å². The number of carbonyl (C=O) groups excluding carboxylic acids is 1. The maximum Gasteiger partial charge on any atom is 0.261 e. The lowest BCUT2D eigenvalue weighted by Gasteiger charge is -2.47. The zero-order valence-corrected chi connectivity index (χ0v) is 34.3. The fourth-order valence-electron chi connectivity index (χ4n) is 11.3. The summed E-state index contributed by atoms with van der Waals surface area (Å²) in [6, 6.07) is 0. The van der Waals surface area contributed by atoms with Gasteiger partial charge in [-0.3, -0.25) is 9.35 Å². The van der Waals surface area contributed by atoms with E-state index in [0.29, 0.717) is 31.9 Å². The highest BCUT2D eigenvalue weighted by Crippen LogP contribution is 2.54. The van der Waals surface area contributed by atoms with Crippen molar-refractivity contribution in [2.24, 2.45) is 17.6 Å². The van der Waals surface area contributed by atoms with E-state index in [9.17, 15) is 18.3 Å². The van der Waals surface area contributed by atoms with E-state index in [0.717, 1.165) is 56.1 Å². The fourth-order valence-corrected chi connectivity index (χ4v) is 11.3. The van der Waals surface area contributed by atoms with Crippen LogP contribution in [0.1, 0.15) is 90.4 Å². The van der Waals surface area contributed by atoms with Crippen LogP contribution in [0.15, 0.2) is 24.3 Å². The van der Waals surface area contributed by atoms with Crippen LogP contribution in [0.25, 0.3) is 0 Å². The van der Waals surface area contributed by atoms with Crippen molar-refractivity contribution >= 4 is 15.9 Å². The van der Waals surface area contributed by atoms with Crippen molar-refractivity contribution in [2.75, 3.05) is 19.9 Å². The Balaban J connectivity index is 0.000000859. The largest absolute Gasteiger partial charge is 0.392 e. The molecule has 16 heteroatoms. The number of hydrogen-bond acceptors (Lipinski definition) is 14. The highest BCUT2D eigenvalue weighted by molar-refractivity contribution is 7.85. The Morgan fingerprint density at radius 1 is 0.825 bits per heavy atom. The summed E-state index contributed by atoms with van der Waals surface area (Å²) in [5.74, 6) is -0.619. The minimum Gasteiger partial charge on any atom is -0.392 e. The topological polar surface area (TPSA) is 201 Å². The molecule has 10 heterocycles. The molecule has 19 atom stereocenters. The number of hydrogen-bond donors (Lipinski definition) is 3. The standard InChI is InChI=1S/C40H59NO11.CH4O3S/c1-19-11-24-5-7-28-20(2)12-26(45-28)9-10-40-17-33-36(51-40)37-38(50-33)39(52-40)35-29(49-37)8-6-25(47-35)13-22(42)14-27-31(16-30(46-24)21(19)3)48-32(34(27)44-4)15-23(43)18-41;1-5(2,3)4/h19,23-39,43H,2-3,5-18,41H2,1,4H3;1H3,(H,2,3,4)/t19-,23+,24+,25-,26+,27+,28+,29+,30-,31+,32-,33-,34-,35?,36+,37+,38?,39+,40+;/m1./s1. The number of Topliss-reactive ketones (excluding diaryl/α,β-unsaturated/α-hetero) is 1. The molecule has 0 radical (unpaired) electrons.